The van der Waals surface area contributed by atoms with Crippen LogP contribution in [-0.2, 0) is 0 Å². The van der Waals surface area contributed by atoms with Crippen molar-refractivity contribution in [3.63, 3.8) is 0 Å². The van der Waals surface area contributed by atoms with Crippen LogP contribution in [0, 0.1) is 12.8 Å². The molecule has 1 aromatic heterocycles. The number of rotatable bonds is 3. The minimum Gasteiger partial charge on any atom is -0.366 e. The first-order valence-electron chi connectivity index (χ1n) is 7.91. The number of amides is 1. The summed E-state index contributed by atoms with van der Waals surface area (Å²) in [5.41, 5.74) is 11.7. The van der Waals surface area contributed by atoms with Gasteiger partial charge in [-0.2, -0.15) is 10.2 Å². The predicted molar refractivity (Wildman–Crippen MR) is 97.8 cm³/mol. The van der Waals surface area contributed by atoms with Gasteiger partial charge in [0.05, 0.1) is 5.71 Å². The van der Waals surface area contributed by atoms with E-state index in [1.165, 1.54) is 6.33 Å². The lowest BCUT2D eigenvalue weighted by molar-refractivity contribution is 0.100. The number of primary amides is 1. The molecule has 3 rings (SSSR count). The van der Waals surface area contributed by atoms with Gasteiger partial charge in [-0.05, 0) is 37.6 Å². The van der Waals surface area contributed by atoms with Crippen LogP contribution in [0.15, 0.2) is 59.6 Å². The third kappa shape index (κ3) is 4.87. The van der Waals surface area contributed by atoms with Crippen molar-refractivity contribution >= 4 is 11.6 Å². The molecule has 1 atom stereocenters. The maximum Gasteiger partial charge on any atom is 0.248 e. The Balaban J connectivity index is 0.000000316. The molecular formula is C18H22N6O. The maximum atomic E-state index is 11.2. The van der Waals surface area contributed by atoms with E-state index in [0.717, 1.165) is 22.8 Å². The molecule has 0 saturated carbocycles. The number of carbonyl (C=O) groups is 1. The van der Waals surface area contributed by atoms with Gasteiger partial charge in [0.15, 0.2) is 0 Å². The monoisotopic (exact) mass is 338 g/mol. The van der Waals surface area contributed by atoms with Gasteiger partial charge in [-0.25, -0.2) is 4.98 Å². The van der Waals surface area contributed by atoms with Crippen LogP contribution in [0.5, 0.6) is 0 Å². The average Bonchev–Trinajstić information content (AvgIpc) is 3.22. The zero-order valence-corrected chi connectivity index (χ0v) is 14.5. The molecule has 0 fully saturated rings. The Labute approximate surface area is 146 Å². The Hall–Kier alpha value is -3.22. The lowest BCUT2D eigenvalue weighted by Gasteiger charge is -2.08. The minimum absolute atomic E-state index is 0.166. The van der Waals surface area contributed by atoms with Crippen molar-refractivity contribution in [2.75, 3.05) is 0 Å². The van der Waals surface area contributed by atoms with Crippen molar-refractivity contribution in [2.45, 2.75) is 20.8 Å². The van der Waals surface area contributed by atoms with E-state index in [1.54, 1.807) is 12.1 Å². The largest absolute Gasteiger partial charge is 0.366 e. The van der Waals surface area contributed by atoms with Crippen LogP contribution >= 0.6 is 0 Å². The molecule has 7 nitrogen and oxygen atoms in total. The molecule has 2 aromatic rings. The molecule has 0 saturated heterocycles. The quantitative estimate of drug-likeness (QED) is 0.797. The van der Waals surface area contributed by atoms with Gasteiger partial charge in [0.25, 0.3) is 0 Å². The van der Waals surface area contributed by atoms with Crippen molar-refractivity contribution in [3.8, 4) is 0 Å². The van der Waals surface area contributed by atoms with Gasteiger partial charge in [-0.3, -0.25) is 15.3 Å². The van der Waals surface area contributed by atoms with E-state index in [4.69, 9.17) is 5.73 Å². The number of aryl methyl sites for hydroxylation is 1. The fraction of sp³-hybridized carbons (Fsp3) is 0.222. The number of aromatic nitrogens is 3. The average molecular weight is 338 g/mol. The molecule has 1 aliphatic rings. The Morgan fingerprint density at radius 2 is 2.16 bits per heavy atom. The Kier molecular flexibility index (Phi) is 6.22. The van der Waals surface area contributed by atoms with Gasteiger partial charge < -0.3 is 5.73 Å². The summed E-state index contributed by atoms with van der Waals surface area (Å²) in [5, 5.41) is 10.6. The summed E-state index contributed by atoms with van der Waals surface area (Å²) in [7, 11) is 0. The molecule has 4 N–H and O–H groups in total. The number of aromatic amines is 1. The third-order valence-corrected chi connectivity index (χ3v) is 3.63. The molecular weight excluding hydrogens is 316 g/mol. The number of H-pyrrole nitrogens is 1. The smallest absolute Gasteiger partial charge is 0.248 e. The van der Waals surface area contributed by atoms with E-state index in [-0.39, 0.29) is 5.92 Å². The Morgan fingerprint density at radius 3 is 2.72 bits per heavy atom. The minimum atomic E-state index is -0.425. The number of hydrazone groups is 1. The van der Waals surface area contributed by atoms with Crippen molar-refractivity contribution in [3.05, 3.63) is 71.5 Å². The van der Waals surface area contributed by atoms with Crippen LogP contribution in [0.2, 0.25) is 0 Å². The summed E-state index contributed by atoms with van der Waals surface area (Å²) in [5.74, 6) is 0.597. The maximum absolute atomic E-state index is 11.2. The van der Waals surface area contributed by atoms with E-state index in [9.17, 15) is 4.79 Å². The predicted octanol–water partition coefficient (Wildman–Crippen LogP) is 2.30. The SMILES string of the molecule is C/C=C\C=C1\NN=C(c2cccc(C(N)=O)c2)C1C.Cc1ncn[nH]1. The van der Waals surface area contributed by atoms with E-state index < -0.39 is 5.91 Å². The second kappa shape index (κ2) is 8.58. The van der Waals surface area contributed by atoms with Gasteiger partial charge in [0.1, 0.15) is 12.2 Å². The molecule has 1 amide bonds. The fourth-order valence-electron chi connectivity index (χ4n) is 2.26. The third-order valence-electron chi connectivity index (χ3n) is 3.63. The lowest BCUT2D eigenvalue weighted by atomic mass is 9.95. The van der Waals surface area contributed by atoms with E-state index in [0.29, 0.717) is 5.56 Å². The van der Waals surface area contributed by atoms with E-state index in [1.807, 2.05) is 44.2 Å². The van der Waals surface area contributed by atoms with Gasteiger partial charge in [0.2, 0.25) is 5.91 Å². The summed E-state index contributed by atoms with van der Waals surface area (Å²) in [6.45, 7) is 5.90. The first-order valence-corrected chi connectivity index (χ1v) is 7.91. The van der Waals surface area contributed by atoms with Gasteiger partial charge >= 0.3 is 0 Å². The molecule has 130 valence electrons. The number of nitrogens with one attached hydrogen (secondary N) is 2. The van der Waals surface area contributed by atoms with Crippen LogP contribution in [0.1, 0.15) is 35.6 Å². The normalized spacial score (nSPS) is 17.8. The molecule has 1 aromatic carbocycles. The standard InChI is InChI=1S/C15H17N3O.C3H5N3/c1-3-4-8-13-10(2)14(18-17-13)11-6-5-7-12(9-11)15(16)19;1-3-4-2-5-6-3/h3-10,17H,1-2H3,(H2,16,19);2H,1H3,(H,4,5,6)/b4-3-,13-8+;. The summed E-state index contributed by atoms with van der Waals surface area (Å²) < 4.78 is 0. The van der Waals surface area contributed by atoms with Crippen LogP contribution < -0.4 is 11.2 Å². The zero-order valence-electron chi connectivity index (χ0n) is 14.5. The number of hydrogen-bond acceptors (Lipinski definition) is 5. The highest BCUT2D eigenvalue weighted by Crippen LogP contribution is 2.22. The molecule has 7 heteroatoms. The number of nitrogens with zero attached hydrogens (tertiary/aromatic N) is 3. The van der Waals surface area contributed by atoms with Gasteiger partial charge in [-0.1, -0.05) is 31.2 Å². The summed E-state index contributed by atoms with van der Waals surface area (Å²) >= 11 is 0. The van der Waals surface area contributed by atoms with Crippen molar-refractivity contribution in [2.24, 2.45) is 16.8 Å². The highest BCUT2D eigenvalue weighted by atomic mass is 16.1. The van der Waals surface area contributed by atoms with Gasteiger partial charge in [0, 0.05) is 17.2 Å². The Morgan fingerprint density at radius 1 is 1.36 bits per heavy atom. The number of allylic oxidation sites excluding steroid dienone is 4. The molecule has 0 radical (unpaired) electrons. The fourth-order valence-corrected chi connectivity index (χ4v) is 2.26. The van der Waals surface area contributed by atoms with Crippen LogP contribution in [-0.4, -0.2) is 26.8 Å². The number of carbonyl (C=O) groups excluding carboxylic acids is 1. The topological polar surface area (TPSA) is 109 Å². The van der Waals surface area contributed by atoms with Crippen molar-refractivity contribution in [1.29, 1.82) is 0 Å². The van der Waals surface area contributed by atoms with E-state index >= 15 is 0 Å². The van der Waals surface area contributed by atoms with Gasteiger partial charge in [-0.15, -0.1) is 0 Å². The second-order valence-electron chi connectivity index (χ2n) is 5.49. The first kappa shape index (κ1) is 18.1. The first-order chi connectivity index (χ1) is 12.0. The zero-order chi connectivity index (χ0) is 18.2. The molecule has 25 heavy (non-hydrogen) atoms. The van der Waals surface area contributed by atoms with E-state index in [2.05, 4.69) is 32.6 Å². The highest BCUT2D eigenvalue weighted by molar-refractivity contribution is 6.06. The van der Waals surface area contributed by atoms with Crippen molar-refractivity contribution in [1.82, 2.24) is 20.6 Å². The molecule has 1 aliphatic heterocycles. The lowest BCUT2D eigenvalue weighted by Crippen LogP contribution is -2.14. The molecule has 2 heterocycles. The summed E-state index contributed by atoms with van der Waals surface area (Å²) in [4.78, 5) is 15.0. The van der Waals surface area contributed by atoms with Crippen LogP contribution in [0.25, 0.3) is 0 Å². The summed E-state index contributed by atoms with van der Waals surface area (Å²) in [6.07, 6.45) is 7.42. The summed E-state index contributed by atoms with van der Waals surface area (Å²) in [6, 6.07) is 7.23. The second-order valence-corrected chi connectivity index (χ2v) is 5.49. The highest BCUT2D eigenvalue weighted by Gasteiger charge is 2.23. The van der Waals surface area contributed by atoms with Crippen molar-refractivity contribution < 1.29 is 4.79 Å². The molecule has 0 aliphatic carbocycles. The van der Waals surface area contributed by atoms with Crippen LogP contribution in [0.4, 0.5) is 0 Å². The number of nitrogens with two attached hydrogens (primary N) is 1. The molecule has 0 spiro atoms. The number of hydrogen-bond donors (Lipinski definition) is 3. The number of benzene rings is 1. The van der Waals surface area contributed by atoms with Crippen LogP contribution in [0.3, 0.4) is 0 Å². The molecule has 0 bridgehead atoms. The molecule has 1 unspecified atom stereocenters. The Bertz CT molecular complexity index is 805.